The summed E-state index contributed by atoms with van der Waals surface area (Å²) in [7, 11) is 0. The van der Waals surface area contributed by atoms with Crippen molar-refractivity contribution in [1.82, 2.24) is 19.7 Å². The minimum absolute atomic E-state index is 0.213. The fraction of sp³-hybridized carbons (Fsp3) is 0.188. The predicted molar refractivity (Wildman–Crippen MR) is 155 cm³/mol. The van der Waals surface area contributed by atoms with Gasteiger partial charge in [0.25, 0.3) is 5.56 Å². The van der Waals surface area contributed by atoms with Crippen LogP contribution in [-0.2, 0) is 0 Å². The standard InChI is InChI=1S/C32H29N5O2/c1-21(2)15-16-39-29-14-13-23(17-22(29)3)30-25(20-37(36-30)26-9-5-4-6-10-26)18-24(19-33)31-34-28-12-8-7-11-27(28)32(38)35-31/h4-14,17-18,20-21H,15-16H2,1-3H3,(H,34,35,38). The molecule has 1 N–H and O–H groups in total. The zero-order chi connectivity index (χ0) is 27.4. The zero-order valence-corrected chi connectivity index (χ0v) is 22.2. The molecule has 2 heterocycles. The molecule has 39 heavy (non-hydrogen) atoms. The Hall–Kier alpha value is -4.96. The number of nitrogens with zero attached hydrogens (tertiary/aromatic N) is 4. The SMILES string of the molecule is Cc1cc(-c2nn(-c3ccccc3)cc2C=C(C#N)c2nc3ccccc3c(=O)[nH]2)ccc1OCCC(C)C. The highest BCUT2D eigenvalue weighted by molar-refractivity contribution is 5.91. The van der Waals surface area contributed by atoms with Gasteiger partial charge >= 0.3 is 0 Å². The molecule has 3 aromatic carbocycles. The summed E-state index contributed by atoms with van der Waals surface area (Å²) in [5.74, 6) is 1.63. The summed E-state index contributed by atoms with van der Waals surface area (Å²) in [5.41, 5.74) is 4.67. The van der Waals surface area contributed by atoms with E-state index >= 15 is 0 Å². The van der Waals surface area contributed by atoms with Crippen molar-refractivity contribution in [2.24, 2.45) is 5.92 Å². The number of hydrogen-bond acceptors (Lipinski definition) is 5. The van der Waals surface area contributed by atoms with Crippen molar-refractivity contribution in [2.45, 2.75) is 27.2 Å². The first-order valence-electron chi connectivity index (χ1n) is 12.9. The fourth-order valence-corrected chi connectivity index (χ4v) is 4.32. The molecule has 0 bridgehead atoms. The molecule has 5 aromatic rings. The summed E-state index contributed by atoms with van der Waals surface area (Å²) in [5, 5.41) is 15.4. The smallest absolute Gasteiger partial charge is 0.259 e. The van der Waals surface area contributed by atoms with Crippen LogP contribution in [0.15, 0.2) is 83.8 Å². The van der Waals surface area contributed by atoms with E-state index in [1.54, 1.807) is 29.0 Å². The fourth-order valence-electron chi connectivity index (χ4n) is 4.32. The Bertz CT molecular complexity index is 1760. The number of nitrogens with one attached hydrogen (secondary N) is 1. The molecule has 0 aliphatic carbocycles. The maximum Gasteiger partial charge on any atom is 0.259 e. The normalized spacial score (nSPS) is 11.6. The van der Waals surface area contributed by atoms with Crippen LogP contribution < -0.4 is 10.3 Å². The molecule has 7 nitrogen and oxygen atoms in total. The Morgan fingerprint density at radius 3 is 2.62 bits per heavy atom. The van der Waals surface area contributed by atoms with Crippen LogP contribution in [0.2, 0.25) is 0 Å². The summed E-state index contributed by atoms with van der Waals surface area (Å²) in [6.07, 6.45) is 4.58. The molecule has 0 saturated heterocycles. The van der Waals surface area contributed by atoms with E-state index in [0.717, 1.165) is 34.5 Å². The van der Waals surface area contributed by atoms with E-state index in [1.807, 2.05) is 67.7 Å². The number of allylic oxidation sites excluding steroid dienone is 1. The highest BCUT2D eigenvalue weighted by Gasteiger charge is 2.16. The number of ether oxygens (including phenoxy) is 1. The lowest BCUT2D eigenvalue weighted by Crippen LogP contribution is -2.11. The van der Waals surface area contributed by atoms with E-state index in [-0.39, 0.29) is 17.0 Å². The summed E-state index contributed by atoms with van der Waals surface area (Å²) < 4.78 is 7.79. The lowest BCUT2D eigenvalue weighted by atomic mass is 10.0. The topological polar surface area (TPSA) is 96.6 Å². The van der Waals surface area contributed by atoms with Crippen LogP contribution in [-0.4, -0.2) is 26.4 Å². The lowest BCUT2D eigenvalue weighted by molar-refractivity contribution is 0.288. The number of aryl methyl sites for hydroxylation is 1. The van der Waals surface area contributed by atoms with Gasteiger partial charge in [-0.1, -0.05) is 44.2 Å². The second kappa shape index (κ2) is 11.2. The number of aromatic amines is 1. The second-order valence-corrected chi connectivity index (χ2v) is 9.83. The van der Waals surface area contributed by atoms with Crippen LogP contribution in [0.4, 0.5) is 0 Å². The molecule has 0 amide bonds. The molecule has 194 valence electrons. The van der Waals surface area contributed by atoms with E-state index in [9.17, 15) is 10.1 Å². The first-order chi connectivity index (χ1) is 18.9. The third-order valence-electron chi connectivity index (χ3n) is 6.45. The molecule has 2 aromatic heterocycles. The van der Waals surface area contributed by atoms with Gasteiger partial charge in [0.1, 0.15) is 17.5 Å². The van der Waals surface area contributed by atoms with Gasteiger partial charge in [0.15, 0.2) is 5.82 Å². The number of fused-ring (bicyclic) bond motifs is 1. The van der Waals surface area contributed by atoms with Crippen molar-refractivity contribution in [1.29, 1.82) is 5.26 Å². The second-order valence-electron chi connectivity index (χ2n) is 9.83. The van der Waals surface area contributed by atoms with Crippen molar-refractivity contribution in [3.05, 3.63) is 106 Å². The van der Waals surface area contributed by atoms with Gasteiger partial charge < -0.3 is 9.72 Å². The Balaban J connectivity index is 1.59. The van der Waals surface area contributed by atoms with Crippen molar-refractivity contribution < 1.29 is 4.74 Å². The Kier molecular flexibility index (Phi) is 7.37. The Morgan fingerprint density at radius 1 is 1.10 bits per heavy atom. The molecule has 0 radical (unpaired) electrons. The first kappa shape index (κ1) is 25.7. The van der Waals surface area contributed by atoms with E-state index in [0.29, 0.717) is 29.1 Å². The highest BCUT2D eigenvalue weighted by Crippen LogP contribution is 2.31. The monoisotopic (exact) mass is 515 g/mol. The number of benzene rings is 3. The molecule has 0 fully saturated rings. The molecule has 0 aliphatic heterocycles. The summed E-state index contributed by atoms with van der Waals surface area (Å²) in [4.78, 5) is 20.0. The van der Waals surface area contributed by atoms with Gasteiger partial charge in [-0.3, -0.25) is 4.79 Å². The number of nitriles is 1. The highest BCUT2D eigenvalue weighted by atomic mass is 16.5. The van der Waals surface area contributed by atoms with Gasteiger partial charge in [-0.2, -0.15) is 10.4 Å². The molecular weight excluding hydrogens is 486 g/mol. The molecular formula is C32H29N5O2. The molecule has 0 saturated carbocycles. The zero-order valence-electron chi connectivity index (χ0n) is 22.2. The predicted octanol–water partition coefficient (Wildman–Crippen LogP) is 6.57. The van der Waals surface area contributed by atoms with Gasteiger partial charge in [0, 0.05) is 17.3 Å². The van der Waals surface area contributed by atoms with Gasteiger partial charge in [0.05, 0.1) is 28.8 Å². The van der Waals surface area contributed by atoms with Crippen LogP contribution in [0.5, 0.6) is 5.75 Å². The van der Waals surface area contributed by atoms with Crippen LogP contribution >= 0.6 is 0 Å². The molecule has 7 heteroatoms. The lowest BCUT2D eigenvalue weighted by Gasteiger charge is -2.11. The van der Waals surface area contributed by atoms with Crippen molar-refractivity contribution in [2.75, 3.05) is 6.61 Å². The Labute approximate surface area is 227 Å². The third kappa shape index (κ3) is 5.65. The van der Waals surface area contributed by atoms with Crippen molar-refractivity contribution >= 4 is 22.6 Å². The largest absolute Gasteiger partial charge is 0.493 e. The van der Waals surface area contributed by atoms with Gasteiger partial charge in [0.2, 0.25) is 0 Å². The first-order valence-corrected chi connectivity index (χ1v) is 12.9. The molecule has 0 atom stereocenters. The average Bonchev–Trinajstić information content (AvgIpc) is 3.37. The quantitative estimate of drug-likeness (QED) is 0.236. The van der Waals surface area contributed by atoms with Crippen LogP contribution in [0.25, 0.3) is 39.5 Å². The number of aromatic nitrogens is 4. The van der Waals surface area contributed by atoms with Crippen LogP contribution in [0, 0.1) is 24.2 Å². The molecule has 0 aliphatic rings. The van der Waals surface area contributed by atoms with Crippen molar-refractivity contribution in [3.63, 3.8) is 0 Å². The minimum Gasteiger partial charge on any atom is -0.493 e. The van der Waals surface area contributed by atoms with Gasteiger partial charge in [-0.05, 0) is 73.4 Å². The summed E-state index contributed by atoms with van der Waals surface area (Å²) in [6.45, 7) is 7.03. The number of hydrogen-bond donors (Lipinski definition) is 1. The number of H-pyrrole nitrogens is 1. The van der Waals surface area contributed by atoms with E-state index in [2.05, 4.69) is 29.9 Å². The third-order valence-corrected chi connectivity index (χ3v) is 6.45. The van der Waals surface area contributed by atoms with E-state index in [4.69, 9.17) is 9.84 Å². The van der Waals surface area contributed by atoms with Gasteiger partial charge in [-0.25, -0.2) is 9.67 Å². The van der Waals surface area contributed by atoms with Crippen molar-refractivity contribution in [3.8, 4) is 28.8 Å². The number of para-hydroxylation sites is 2. The minimum atomic E-state index is -0.291. The van der Waals surface area contributed by atoms with Crippen LogP contribution in [0.3, 0.4) is 0 Å². The maximum absolute atomic E-state index is 12.7. The molecule has 0 spiro atoms. The van der Waals surface area contributed by atoms with Crippen LogP contribution in [0.1, 0.15) is 37.2 Å². The molecule has 5 rings (SSSR count). The maximum atomic E-state index is 12.7. The molecule has 0 unspecified atom stereocenters. The van der Waals surface area contributed by atoms with E-state index in [1.165, 1.54) is 0 Å². The number of rotatable bonds is 8. The summed E-state index contributed by atoms with van der Waals surface area (Å²) >= 11 is 0. The van der Waals surface area contributed by atoms with Gasteiger partial charge in [-0.15, -0.1) is 0 Å². The van der Waals surface area contributed by atoms with E-state index < -0.39 is 0 Å². The Morgan fingerprint density at radius 2 is 1.87 bits per heavy atom. The summed E-state index contributed by atoms with van der Waals surface area (Å²) in [6, 6.07) is 25.1. The average molecular weight is 516 g/mol.